The summed E-state index contributed by atoms with van der Waals surface area (Å²) in [6, 6.07) is 7.29. The summed E-state index contributed by atoms with van der Waals surface area (Å²) >= 11 is 0. The lowest BCUT2D eigenvalue weighted by molar-refractivity contribution is -0.0686. The largest absolute Gasteiger partial charge is 0.491 e. The second-order valence-corrected chi connectivity index (χ2v) is 9.21. The Balaban J connectivity index is 1.40. The molecule has 1 N–H and O–H groups in total. The number of nitrogens with zero attached hydrogens (tertiary/aromatic N) is 5. The van der Waals surface area contributed by atoms with Crippen molar-refractivity contribution in [1.82, 2.24) is 19.4 Å². The fourth-order valence-electron chi connectivity index (χ4n) is 4.93. The van der Waals surface area contributed by atoms with E-state index in [1.54, 1.807) is 25.4 Å². The zero-order valence-corrected chi connectivity index (χ0v) is 20.9. The molecule has 1 fully saturated rings. The summed E-state index contributed by atoms with van der Waals surface area (Å²) < 4.78 is 19.6. The number of morpholine rings is 1. The monoisotopic (exact) mass is 492 g/mol. The molecule has 0 radical (unpaired) electrons. The van der Waals surface area contributed by atoms with Crippen molar-refractivity contribution in [3.8, 4) is 11.5 Å². The molecule has 0 unspecified atom stereocenters. The van der Waals surface area contributed by atoms with Gasteiger partial charge in [0.05, 0.1) is 31.5 Å². The summed E-state index contributed by atoms with van der Waals surface area (Å²) in [5, 5.41) is 4.28. The molecule has 2 aromatic heterocycles. The van der Waals surface area contributed by atoms with Crippen LogP contribution in [-0.2, 0) is 11.3 Å². The van der Waals surface area contributed by atoms with E-state index in [1.165, 1.54) is 6.20 Å². The Labute approximate surface area is 209 Å². The lowest BCUT2D eigenvalue weighted by Crippen LogP contribution is -2.45. The average Bonchev–Trinajstić information content (AvgIpc) is 3.37. The van der Waals surface area contributed by atoms with Crippen LogP contribution in [0.3, 0.4) is 0 Å². The van der Waals surface area contributed by atoms with Gasteiger partial charge in [0, 0.05) is 50.5 Å². The molecule has 0 aliphatic carbocycles. The fraction of sp³-hybridized carbons (Fsp3) is 0.462. The maximum absolute atomic E-state index is 12.8. The van der Waals surface area contributed by atoms with E-state index < -0.39 is 5.91 Å². The molecule has 2 aliphatic heterocycles. The van der Waals surface area contributed by atoms with Crippen molar-refractivity contribution in [3.05, 3.63) is 47.8 Å². The van der Waals surface area contributed by atoms with Crippen LogP contribution < -0.4 is 20.4 Å². The van der Waals surface area contributed by atoms with Gasteiger partial charge in [-0.3, -0.25) is 19.2 Å². The molecule has 1 aromatic carbocycles. The van der Waals surface area contributed by atoms with Gasteiger partial charge in [-0.25, -0.2) is 4.98 Å². The minimum absolute atomic E-state index is 0.249. The highest BCUT2D eigenvalue weighted by molar-refractivity contribution is 5.96. The van der Waals surface area contributed by atoms with Crippen LogP contribution >= 0.6 is 0 Å². The molecule has 3 aromatic rings. The van der Waals surface area contributed by atoms with Gasteiger partial charge in [-0.2, -0.15) is 4.99 Å². The predicted molar refractivity (Wildman–Crippen MR) is 135 cm³/mol. The van der Waals surface area contributed by atoms with Gasteiger partial charge in [0.15, 0.2) is 11.5 Å². The van der Waals surface area contributed by atoms with E-state index in [-0.39, 0.29) is 12.2 Å². The molecule has 0 spiro atoms. The Morgan fingerprint density at radius 3 is 2.83 bits per heavy atom. The Morgan fingerprint density at radius 2 is 2.08 bits per heavy atom. The van der Waals surface area contributed by atoms with Crippen molar-refractivity contribution < 1.29 is 19.0 Å². The van der Waals surface area contributed by atoms with Crippen LogP contribution in [0.25, 0.3) is 10.9 Å². The molecule has 0 bridgehead atoms. The number of fused-ring (bicyclic) bond motifs is 3. The third kappa shape index (κ3) is 5.05. The second kappa shape index (κ2) is 10.6. The van der Waals surface area contributed by atoms with Gasteiger partial charge in [0.1, 0.15) is 11.3 Å². The van der Waals surface area contributed by atoms with Crippen molar-refractivity contribution in [3.63, 3.8) is 0 Å². The van der Waals surface area contributed by atoms with E-state index in [0.29, 0.717) is 41.3 Å². The lowest BCUT2D eigenvalue weighted by atomic mass is 10.2. The number of pyridine rings is 1. The third-order valence-corrected chi connectivity index (χ3v) is 6.39. The standard InChI is InChI=1S/C26H32N6O4/c1-17-15-31(16-18(2)36-17)11-5-13-35-21-8-7-20-22(23(21)34-3)29-26(32-12-10-28-24(20)32)30-25(33)19-6-4-9-27-14-19/h4,6-9,14,17-18,28H,5,10-13,15-16H2,1-3H3/t17-,18-/m0/s1. The van der Waals surface area contributed by atoms with Crippen molar-refractivity contribution in [1.29, 1.82) is 0 Å². The van der Waals surface area contributed by atoms with E-state index in [4.69, 9.17) is 19.2 Å². The van der Waals surface area contributed by atoms with Crippen LogP contribution in [0, 0.1) is 0 Å². The van der Waals surface area contributed by atoms with Crippen molar-refractivity contribution in [2.24, 2.45) is 4.99 Å². The molecule has 1 amide bonds. The number of methoxy groups -OCH3 is 1. The lowest BCUT2D eigenvalue weighted by Gasteiger charge is -2.35. The molecule has 190 valence electrons. The zero-order valence-electron chi connectivity index (χ0n) is 20.9. The van der Waals surface area contributed by atoms with Crippen LogP contribution in [0.4, 0.5) is 5.82 Å². The van der Waals surface area contributed by atoms with Crippen molar-refractivity contribution in [2.75, 3.05) is 45.2 Å². The molecule has 10 nitrogen and oxygen atoms in total. The Morgan fingerprint density at radius 1 is 1.25 bits per heavy atom. The highest BCUT2D eigenvalue weighted by Crippen LogP contribution is 2.37. The van der Waals surface area contributed by atoms with Crippen LogP contribution in [0.15, 0.2) is 41.7 Å². The summed E-state index contributed by atoms with van der Waals surface area (Å²) in [6.45, 7) is 8.99. The maximum Gasteiger partial charge on any atom is 0.281 e. The number of ether oxygens (including phenoxy) is 3. The van der Waals surface area contributed by atoms with Crippen LogP contribution in [0.1, 0.15) is 30.6 Å². The van der Waals surface area contributed by atoms with Gasteiger partial charge in [0.25, 0.3) is 5.91 Å². The number of hydrogen-bond acceptors (Lipinski definition) is 8. The van der Waals surface area contributed by atoms with Gasteiger partial charge < -0.3 is 19.5 Å². The van der Waals surface area contributed by atoms with Gasteiger partial charge >= 0.3 is 0 Å². The number of hydrogen-bond donors (Lipinski definition) is 1. The number of nitrogens with one attached hydrogen (secondary N) is 1. The molecule has 0 saturated carbocycles. The smallest absolute Gasteiger partial charge is 0.281 e. The van der Waals surface area contributed by atoms with E-state index in [1.807, 2.05) is 16.7 Å². The van der Waals surface area contributed by atoms with Gasteiger partial charge in [-0.05, 0) is 44.5 Å². The number of benzene rings is 1. The molecule has 2 aliphatic rings. The van der Waals surface area contributed by atoms with Crippen LogP contribution in [0.2, 0.25) is 0 Å². The first-order chi connectivity index (χ1) is 17.5. The van der Waals surface area contributed by atoms with Gasteiger partial charge in [0.2, 0.25) is 5.62 Å². The molecule has 4 heterocycles. The Kier molecular flexibility index (Phi) is 7.15. The SMILES string of the molecule is COc1c(OCCCN2C[C@H](C)O[C@@H](C)C2)ccc2c3n(c(=NC(=O)c4cccnc4)nc12)CCN3. The molecular weight excluding hydrogens is 460 g/mol. The minimum atomic E-state index is -0.394. The maximum atomic E-state index is 12.8. The quantitative estimate of drug-likeness (QED) is 0.502. The summed E-state index contributed by atoms with van der Waals surface area (Å²) in [6.07, 6.45) is 4.50. The minimum Gasteiger partial charge on any atom is -0.491 e. The number of anilines is 1. The van der Waals surface area contributed by atoms with E-state index >= 15 is 0 Å². The summed E-state index contributed by atoms with van der Waals surface area (Å²) in [4.78, 5) is 28.3. The molecule has 1 saturated heterocycles. The first kappa shape index (κ1) is 24.2. The molecule has 10 heteroatoms. The van der Waals surface area contributed by atoms with Gasteiger partial charge in [-0.15, -0.1) is 0 Å². The first-order valence-corrected chi connectivity index (χ1v) is 12.4. The number of carbonyl (C=O) groups excluding carboxylic acids is 1. The normalized spacial score (nSPS) is 20.2. The fourth-order valence-corrected chi connectivity index (χ4v) is 4.93. The van der Waals surface area contributed by atoms with E-state index in [2.05, 4.69) is 34.0 Å². The number of rotatable bonds is 7. The van der Waals surface area contributed by atoms with Crippen molar-refractivity contribution >= 4 is 22.6 Å². The summed E-state index contributed by atoms with van der Waals surface area (Å²) in [7, 11) is 1.60. The third-order valence-electron chi connectivity index (χ3n) is 6.39. The summed E-state index contributed by atoms with van der Waals surface area (Å²) in [5.74, 6) is 1.62. The number of carbonyl (C=O) groups is 1. The van der Waals surface area contributed by atoms with E-state index in [9.17, 15) is 4.79 Å². The van der Waals surface area contributed by atoms with Crippen molar-refractivity contribution in [2.45, 2.75) is 39.0 Å². The highest BCUT2D eigenvalue weighted by atomic mass is 16.5. The van der Waals surface area contributed by atoms with E-state index in [0.717, 1.165) is 43.8 Å². The zero-order chi connectivity index (χ0) is 25.1. The van der Waals surface area contributed by atoms with Crippen LogP contribution in [0.5, 0.6) is 11.5 Å². The average molecular weight is 493 g/mol. The number of amides is 1. The molecule has 36 heavy (non-hydrogen) atoms. The van der Waals surface area contributed by atoms with Crippen LogP contribution in [-0.4, -0.2) is 77.4 Å². The first-order valence-electron chi connectivity index (χ1n) is 12.4. The summed E-state index contributed by atoms with van der Waals surface area (Å²) in [5.41, 5.74) is 1.33. The number of aromatic nitrogens is 3. The Hall–Kier alpha value is -3.50. The molecule has 5 rings (SSSR count). The molecule has 2 atom stereocenters. The topological polar surface area (TPSA) is 103 Å². The Bertz CT molecular complexity index is 1300. The second-order valence-electron chi connectivity index (χ2n) is 9.21. The highest BCUT2D eigenvalue weighted by Gasteiger charge is 2.23. The predicted octanol–water partition coefficient (Wildman–Crippen LogP) is 2.48. The molecular formula is C26H32N6O4. The van der Waals surface area contributed by atoms with Gasteiger partial charge in [-0.1, -0.05) is 0 Å².